The van der Waals surface area contributed by atoms with Crippen LogP contribution in [0.1, 0.15) is 11.1 Å². The maximum Gasteiger partial charge on any atom is 0.228 e. The molecule has 5 heteroatoms. The Kier molecular flexibility index (Phi) is 4.42. The number of hydrogen-bond donors (Lipinski definition) is 2. The van der Waals surface area contributed by atoms with Crippen molar-refractivity contribution in [2.24, 2.45) is 0 Å². The topological polar surface area (TPSA) is 49.3 Å². The molecule has 0 radical (unpaired) electrons. The largest absolute Gasteiger partial charge is 0.392 e. The van der Waals surface area contributed by atoms with Crippen molar-refractivity contribution in [3.8, 4) is 0 Å². The first-order valence-electron chi connectivity index (χ1n) is 6.02. The van der Waals surface area contributed by atoms with E-state index >= 15 is 0 Å². The van der Waals surface area contributed by atoms with Crippen molar-refractivity contribution in [2.75, 3.05) is 5.32 Å². The molecular formula is C15H13F2NO2. The van der Waals surface area contributed by atoms with E-state index < -0.39 is 11.6 Å². The zero-order chi connectivity index (χ0) is 14.5. The van der Waals surface area contributed by atoms with E-state index in [2.05, 4.69) is 5.32 Å². The molecule has 3 nitrogen and oxygen atoms in total. The van der Waals surface area contributed by atoms with Crippen LogP contribution in [0.2, 0.25) is 0 Å². The molecule has 104 valence electrons. The minimum absolute atomic E-state index is 0.0550. The summed E-state index contributed by atoms with van der Waals surface area (Å²) in [4.78, 5) is 11.8. The normalized spacial score (nSPS) is 10.3. The van der Waals surface area contributed by atoms with Gasteiger partial charge in [0.1, 0.15) is 0 Å². The molecule has 20 heavy (non-hydrogen) atoms. The SMILES string of the molecule is O=C(Cc1ccc(F)c(F)c1)Nc1cccc(CO)c1. The van der Waals surface area contributed by atoms with Gasteiger partial charge in [0.25, 0.3) is 0 Å². The van der Waals surface area contributed by atoms with E-state index in [0.717, 1.165) is 12.1 Å². The summed E-state index contributed by atoms with van der Waals surface area (Å²) in [7, 11) is 0. The lowest BCUT2D eigenvalue weighted by Gasteiger charge is -2.07. The Bertz CT molecular complexity index is 629. The van der Waals surface area contributed by atoms with E-state index in [1.165, 1.54) is 6.07 Å². The fraction of sp³-hybridized carbons (Fsp3) is 0.133. The van der Waals surface area contributed by atoms with Gasteiger partial charge >= 0.3 is 0 Å². The molecule has 2 N–H and O–H groups in total. The number of rotatable bonds is 4. The number of carbonyl (C=O) groups excluding carboxylic acids is 1. The zero-order valence-corrected chi connectivity index (χ0v) is 10.6. The van der Waals surface area contributed by atoms with Crippen LogP contribution in [-0.4, -0.2) is 11.0 Å². The van der Waals surface area contributed by atoms with E-state index in [9.17, 15) is 13.6 Å². The second kappa shape index (κ2) is 6.25. The summed E-state index contributed by atoms with van der Waals surface area (Å²) in [6, 6.07) is 10.1. The third-order valence-electron chi connectivity index (χ3n) is 2.74. The smallest absolute Gasteiger partial charge is 0.228 e. The Hall–Kier alpha value is -2.27. The molecule has 0 aliphatic carbocycles. The standard InChI is InChI=1S/C15H13F2NO2/c16-13-5-4-10(7-14(13)17)8-15(20)18-12-3-1-2-11(6-12)9-19/h1-7,19H,8-9H2,(H,18,20). The Balaban J connectivity index is 2.03. The number of anilines is 1. The number of nitrogens with one attached hydrogen (secondary N) is 1. The van der Waals surface area contributed by atoms with E-state index in [1.807, 2.05) is 0 Å². The van der Waals surface area contributed by atoms with Gasteiger partial charge in [0, 0.05) is 5.69 Å². The van der Waals surface area contributed by atoms with Gasteiger partial charge < -0.3 is 10.4 Å². The fourth-order valence-electron chi connectivity index (χ4n) is 1.79. The van der Waals surface area contributed by atoms with Gasteiger partial charge in [-0.3, -0.25) is 4.79 Å². The predicted octanol–water partition coefficient (Wildman–Crippen LogP) is 2.64. The molecule has 0 saturated heterocycles. The number of aliphatic hydroxyl groups is 1. The first-order valence-corrected chi connectivity index (χ1v) is 6.02. The first kappa shape index (κ1) is 14.1. The number of hydrogen-bond acceptors (Lipinski definition) is 2. The Morgan fingerprint density at radius 1 is 1.05 bits per heavy atom. The monoisotopic (exact) mass is 277 g/mol. The molecule has 0 aliphatic heterocycles. The molecule has 0 fully saturated rings. The lowest BCUT2D eigenvalue weighted by atomic mass is 10.1. The molecule has 2 aromatic rings. The highest BCUT2D eigenvalue weighted by Gasteiger charge is 2.08. The van der Waals surface area contributed by atoms with E-state index in [-0.39, 0.29) is 18.9 Å². The van der Waals surface area contributed by atoms with Gasteiger partial charge in [0.15, 0.2) is 11.6 Å². The summed E-state index contributed by atoms with van der Waals surface area (Å²) < 4.78 is 25.8. The molecule has 0 aliphatic rings. The summed E-state index contributed by atoms with van der Waals surface area (Å²) in [5.74, 6) is -2.26. The van der Waals surface area contributed by atoms with E-state index in [4.69, 9.17) is 5.11 Å². The van der Waals surface area contributed by atoms with Crippen LogP contribution in [0, 0.1) is 11.6 Å². The van der Waals surface area contributed by atoms with Gasteiger partial charge in [-0.2, -0.15) is 0 Å². The molecule has 0 atom stereocenters. The van der Waals surface area contributed by atoms with Crippen molar-refractivity contribution < 1.29 is 18.7 Å². The highest BCUT2D eigenvalue weighted by atomic mass is 19.2. The third-order valence-corrected chi connectivity index (χ3v) is 2.74. The minimum Gasteiger partial charge on any atom is -0.392 e. The summed E-state index contributed by atoms with van der Waals surface area (Å²) in [5.41, 5.74) is 1.61. The molecule has 0 bridgehead atoms. The van der Waals surface area contributed by atoms with Crippen molar-refractivity contribution in [2.45, 2.75) is 13.0 Å². The van der Waals surface area contributed by atoms with Crippen molar-refractivity contribution in [1.29, 1.82) is 0 Å². The summed E-state index contributed by atoms with van der Waals surface area (Å²) in [6.45, 7) is -0.118. The molecule has 0 saturated carbocycles. The van der Waals surface area contributed by atoms with Gasteiger partial charge in [-0.05, 0) is 35.4 Å². The fourth-order valence-corrected chi connectivity index (χ4v) is 1.79. The van der Waals surface area contributed by atoms with Crippen LogP contribution >= 0.6 is 0 Å². The number of amides is 1. The molecule has 0 heterocycles. The van der Waals surface area contributed by atoms with Gasteiger partial charge in [0.05, 0.1) is 13.0 Å². The van der Waals surface area contributed by atoms with Gasteiger partial charge in [-0.25, -0.2) is 8.78 Å². The van der Waals surface area contributed by atoms with Crippen molar-refractivity contribution >= 4 is 11.6 Å². The maximum absolute atomic E-state index is 13.0. The van der Waals surface area contributed by atoms with Crippen molar-refractivity contribution in [3.05, 3.63) is 65.2 Å². The molecule has 1 amide bonds. The van der Waals surface area contributed by atoms with Crippen LogP contribution in [0.3, 0.4) is 0 Å². The lowest BCUT2D eigenvalue weighted by molar-refractivity contribution is -0.115. The van der Waals surface area contributed by atoms with Crippen LogP contribution in [0.25, 0.3) is 0 Å². The quantitative estimate of drug-likeness (QED) is 0.902. The Labute approximate surface area is 114 Å². The second-order valence-corrected chi connectivity index (χ2v) is 4.33. The van der Waals surface area contributed by atoms with Gasteiger partial charge in [0.2, 0.25) is 5.91 Å². The maximum atomic E-state index is 13.0. The summed E-state index contributed by atoms with van der Waals surface area (Å²) in [6.07, 6.45) is -0.0550. The van der Waals surface area contributed by atoms with E-state index in [1.54, 1.807) is 24.3 Å². The van der Waals surface area contributed by atoms with Crippen molar-refractivity contribution in [3.63, 3.8) is 0 Å². The van der Waals surface area contributed by atoms with Crippen LogP contribution in [-0.2, 0) is 17.8 Å². The zero-order valence-electron chi connectivity index (χ0n) is 10.6. The summed E-state index contributed by atoms with van der Waals surface area (Å²) in [5, 5.41) is 11.6. The van der Waals surface area contributed by atoms with Gasteiger partial charge in [-0.1, -0.05) is 18.2 Å². The molecule has 0 spiro atoms. The molecule has 2 aromatic carbocycles. The average Bonchev–Trinajstić information content (AvgIpc) is 2.43. The number of aliphatic hydroxyl groups excluding tert-OH is 1. The Morgan fingerprint density at radius 3 is 2.55 bits per heavy atom. The second-order valence-electron chi connectivity index (χ2n) is 4.33. The lowest BCUT2D eigenvalue weighted by Crippen LogP contribution is -2.14. The van der Waals surface area contributed by atoms with Gasteiger partial charge in [-0.15, -0.1) is 0 Å². The Morgan fingerprint density at radius 2 is 1.85 bits per heavy atom. The molecule has 0 unspecified atom stereocenters. The van der Waals surface area contributed by atoms with Crippen LogP contribution in [0.4, 0.5) is 14.5 Å². The van der Waals surface area contributed by atoms with Crippen LogP contribution in [0.5, 0.6) is 0 Å². The highest BCUT2D eigenvalue weighted by molar-refractivity contribution is 5.92. The average molecular weight is 277 g/mol. The number of carbonyl (C=O) groups is 1. The molecular weight excluding hydrogens is 264 g/mol. The third kappa shape index (κ3) is 3.61. The van der Waals surface area contributed by atoms with E-state index in [0.29, 0.717) is 16.8 Å². The predicted molar refractivity (Wildman–Crippen MR) is 71.1 cm³/mol. The van der Waals surface area contributed by atoms with Crippen LogP contribution < -0.4 is 5.32 Å². The molecule has 2 rings (SSSR count). The number of halogens is 2. The minimum atomic E-state index is -0.974. The van der Waals surface area contributed by atoms with Crippen LogP contribution in [0.15, 0.2) is 42.5 Å². The first-order chi connectivity index (χ1) is 9.58. The highest BCUT2D eigenvalue weighted by Crippen LogP contribution is 2.13. The van der Waals surface area contributed by atoms with Crippen molar-refractivity contribution in [1.82, 2.24) is 0 Å². The number of benzene rings is 2. The summed E-state index contributed by atoms with van der Waals surface area (Å²) >= 11 is 0. The molecule has 0 aromatic heterocycles.